The fourth-order valence-electron chi connectivity index (χ4n) is 4.53. The maximum atomic E-state index is 13.5. The van der Waals surface area contributed by atoms with Crippen molar-refractivity contribution in [2.45, 2.75) is 65.2 Å². The van der Waals surface area contributed by atoms with Crippen LogP contribution in [-0.4, -0.2) is 76.5 Å². The van der Waals surface area contributed by atoms with Crippen LogP contribution in [0.15, 0.2) is 66.9 Å². The van der Waals surface area contributed by atoms with E-state index in [2.05, 4.69) is 20.2 Å². The van der Waals surface area contributed by atoms with Gasteiger partial charge in [-0.25, -0.2) is 19.6 Å². The number of carbonyl (C=O) groups excluding carboxylic acids is 3. The molecule has 3 aromatic rings. The molecular weight excluding hydrogens is 562 g/mol. The first kappa shape index (κ1) is 32.6. The molecule has 0 radical (unpaired) electrons. The Hall–Kier alpha value is -4.35. The predicted molar refractivity (Wildman–Crippen MR) is 167 cm³/mol. The van der Waals surface area contributed by atoms with Crippen molar-refractivity contribution in [3.63, 3.8) is 0 Å². The molecule has 3 amide bonds. The van der Waals surface area contributed by atoms with Crippen LogP contribution in [0.2, 0.25) is 0 Å². The largest absolute Gasteiger partial charge is 0.443 e. The molecule has 234 valence electrons. The number of nitrogens with one attached hydrogen (secondary N) is 1. The second-order valence-electron chi connectivity index (χ2n) is 12.5. The lowest BCUT2D eigenvalue weighted by atomic mass is 10.0. The van der Waals surface area contributed by atoms with Gasteiger partial charge in [0.05, 0.1) is 24.9 Å². The van der Waals surface area contributed by atoms with Gasteiger partial charge in [0.2, 0.25) is 11.9 Å². The lowest BCUT2D eigenvalue weighted by Gasteiger charge is -2.33. The number of hydrogen-bond acceptors (Lipinski definition) is 9. The zero-order valence-electron chi connectivity index (χ0n) is 26.2. The number of ether oxygens (including phenoxy) is 3. The Labute approximate surface area is 258 Å². The monoisotopic (exact) mass is 603 g/mol. The van der Waals surface area contributed by atoms with Gasteiger partial charge >= 0.3 is 12.2 Å². The highest BCUT2D eigenvalue weighted by atomic mass is 16.6. The summed E-state index contributed by atoms with van der Waals surface area (Å²) in [6.45, 7) is 12.7. The summed E-state index contributed by atoms with van der Waals surface area (Å²) in [7, 11) is 0. The standard InChI is InChI=1S/C33H41N5O6/c1-32(2,3)43-30(40)38(31(41)44-33(4,5)6)29-34-17-16-26(36-29)24-12-14-25(15-13-24)35-28(39)27(37-18-20-42-21-19-37)22-23-10-8-7-9-11-23/h7-17,27H,18-22H2,1-6H3,(H,35,39)/t27-/m1/s1. The van der Waals surface area contributed by atoms with Crippen molar-refractivity contribution < 1.29 is 28.6 Å². The SMILES string of the molecule is CC(C)(C)OC(=O)N(C(=O)OC(C)(C)C)c1nccc(-c2ccc(NC(=O)[C@@H](Cc3ccccc3)N3CCOCC3)cc2)n1. The number of benzene rings is 2. The molecule has 44 heavy (non-hydrogen) atoms. The molecule has 11 nitrogen and oxygen atoms in total. The predicted octanol–water partition coefficient (Wildman–Crippen LogP) is 5.70. The average Bonchev–Trinajstić information content (AvgIpc) is 2.95. The molecule has 0 bridgehead atoms. The van der Waals surface area contributed by atoms with Crippen LogP contribution in [0.5, 0.6) is 0 Å². The van der Waals surface area contributed by atoms with Crippen molar-refractivity contribution in [1.29, 1.82) is 0 Å². The number of morpholine rings is 1. The number of carbonyl (C=O) groups is 3. The van der Waals surface area contributed by atoms with Gasteiger partial charge in [-0.2, -0.15) is 0 Å². The number of anilines is 2. The molecule has 1 fully saturated rings. The summed E-state index contributed by atoms with van der Waals surface area (Å²) in [4.78, 5) is 51.1. The molecular formula is C33H41N5O6. The fourth-order valence-corrected chi connectivity index (χ4v) is 4.53. The molecule has 0 unspecified atom stereocenters. The molecule has 1 saturated heterocycles. The average molecular weight is 604 g/mol. The molecule has 1 aliphatic rings. The first-order chi connectivity index (χ1) is 20.8. The zero-order chi connectivity index (χ0) is 31.9. The number of hydrogen-bond donors (Lipinski definition) is 1. The molecule has 11 heteroatoms. The van der Waals surface area contributed by atoms with Crippen molar-refractivity contribution in [3.05, 3.63) is 72.4 Å². The van der Waals surface area contributed by atoms with E-state index < -0.39 is 23.4 Å². The van der Waals surface area contributed by atoms with E-state index in [1.807, 2.05) is 30.3 Å². The third kappa shape index (κ3) is 9.32. The van der Waals surface area contributed by atoms with Gasteiger partial charge in [-0.1, -0.05) is 42.5 Å². The van der Waals surface area contributed by atoms with Crippen LogP contribution < -0.4 is 10.2 Å². The van der Waals surface area contributed by atoms with Gasteiger partial charge in [0.1, 0.15) is 11.2 Å². The number of rotatable bonds is 7. The Bertz CT molecular complexity index is 1400. The summed E-state index contributed by atoms with van der Waals surface area (Å²) in [5.74, 6) is -0.282. The normalized spacial score (nSPS) is 14.8. The van der Waals surface area contributed by atoms with Gasteiger partial charge in [0.25, 0.3) is 0 Å². The number of aromatic nitrogens is 2. The van der Waals surface area contributed by atoms with Crippen molar-refractivity contribution in [2.75, 3.05) is 36.5 Å². The van der Waals surface area contributed by atoms with Crippen LogP contribution >= 0.6 is 0 Å². The molecule has 1 atom stereocenters. The summed E-state index contributed by atoms with van der Waals surface area (Å²) >= 11 is 0. The molecule has 2 aromatic carbocycles. The van der Waals surface area contributed by atoms with Crippen LogP contribution in [0, 0.1) is 0 Å². The highest BCUT2D eigenvalue weighted by molar-refractivity contribution is 6.08. The van der Waals surface area contributed by atoms with Gasteiger partial charge in [-0.15, -0.1) is 4.90 Å². The molecule has 1 N–H and O–H groups in total. The van der Waals surface area contributed by atoms with Crippen molar-refractivity contribution >= 4 is 29.7 Å². The Balaban J connectivity index is 1.53. The van der Waals surface area contributed by atoms with E-state index in [1.54, 1.807) is 71.9 Å². The minimum Gasteiger partial charge on any atom is -0.443 e. The molecule has 1 aromatic heterocycles. The van der Waals surface area contributed by atoms with Crippen molar-refractivity contribution in [2.24, 2.45) is 0 Å². The van der Waals surface area contributed by atoms with Crippen LogP contribution in [0.4, 0.5) is 21.2 Å². The quantitative estimate of drug-likeness (QED) is 0.362. The Morgan fingerprint density at radius 1 is 0.886 bits per heavy atom. The number of nitrogens with zero attached hydrogens (tertiary/aromatic N) is 4. The second kappa shape index (κ2) is 14.0. The molecule has 4 rings (SSSR count). The second-order valence-corrected chi connectivity index (χ2v) is 12.5. The smallest absolute Gasteiger partial charge is 0.427 e. The van der Waals surface area contributed by atoms with Crippen LogP contribution in [0.1, 0.15) is 47.1 Å². The summed E-state index contributed by atoms with van der Waals surface area (Å²) in [6, 6.07) is 18.4. The number of amides is 3. The van der Waals surface area contributed by atoms with E-state index in [0.29, 0.717) is 54.6 Å². The fraction of sp³-hybridized carbons (Fsp3) is 0.424. The Morgan fingerprint density at radius 2 is 1.48 bits per heavy atom. The Morgan fingerprint density at radius 3 is 2.05 bits per heavy atom. The first-order valence-electron chi connectivity index (χ1n) is 14.7. The van der Waals surface area contributed by atoms with Crippen molar-refractivity contribution in [3.8, 4) is 11.3 Å². The minimum absolute atomic E-state index is 0.0989. The molecule has 2 heterocycles. The van der Waals surface area contributed by atoms with E-state index >= 15 is 0 Å². The van der Waals surface area contributed by atoms with Gasteiger partial charge in [0, 0.05) is 30.5 Å². The van der Waals surface area contributed by atoms with E-state index in [9.17, 15) is 14.4 Å². The summed E-state index contributed by atoms with van der Waals surface area (Å²) in [5, 5.41) is 3.06. The third-order valence-electron chi connectivity index (χ3n) is 6.50. The highest BCUT2D eigenvalue weighted by Crippen LogP contribution is 2.24. The Kier molecular flexibility index (Phi) is 10.3. The van der Waals surface area contributed by atoms with E-state index in [4.69, 9.17) is 14.2 Å². The van der Waals surface area contributed by atoms with E-state index in [0.717, 1.165) is 5.56 Å². The van der Waals surface area contributed by atoms with Gasteiger partial charge in [-0.05, 0) is 71.7 Å². The van der Waals surface area contributed by atoms with Crippen molar-refractivity contribution in [1.82, 2.24) is 14.9 Å². The minimum atomic E-state index is -0.952. The molecule has 0 saturated carbocycles. The topological polar surface area (TPSA) is 123 Å². The van der Waals surface area contributed by atoms with E-state index in [1.165, 1.54) is 6.20 Å². The molecule has 0 aliphatic carbocycles. The maximum Gasteiger partial charge on any atom is 0.427 e. The lowest BCUT2D eigenvalue weighted by molar-refractivity contribution is -0.123. The van der Waals surface area contributed by atoms with Gasteiger partial charge < -0.3 is 19.5 Å². The summed E-state index contributed by atoms with van der Waals surface area (Å²) in [5.41, 5.74) is 1.13. The lowest BCUT2D eigenvalue weighted by Crippen LogP contribution is -2.50. The molecule has 1 aliphatic heterocycles. The van der Waals surface area contributed by atoms with E-state index in [-0.39, 0.29) is 17.9 Å². The summed E-state index contributed by atoms with van der Waals surface area (Å²) in [6.07, 6.45) is 0.130. The number of imide groups is 1. The zero-order valence-corrected chi connectivity index (χ0v) is 26.2. The summed E-state index contributed by atoms with van der Waals surface area (Å²) < 4.78 is 16.4. The first-order valence-corrected chi connectivity index (χ1v) is 14.7. The van der Waals surface area contributed by atoms with Gasteiger partial charge in [-0.3, -0.25) is 9.69 Å². The molecule has 0 spiro atoms. The van der Waals surface area contributed by atoms with Gasteiger partial charge in [0.15, 0.2) is 0 Å². The maximum absolute atomic E-state index is 13.5. The van der Waals surface area contributed by atoms with Crippen LogP contribution in [-0.2, 0) is 25.4 Å². The van der Waals surface area contributed by atoms with Crippen LogP contribution in [0.3, 0.4) is 0 Å². The third-order valence-corrected chi connectivity index (χ3v) is 6.50. The van der Waals surface area contributed by atoms with Crippen LogP contribution in [0.25, 0.3) is 11.3 Å². The highest BCUT2D eigenvalue weighted by Gasteiger charge is 2.35.